The van der Waals surface area contributed by atoms with Crippen LogP contribution in [-0.4, -0.2) is 5.25 Å². The predicted octanol–water partition coefficient (Wildman–Crippen LogP) is 5.87. The average Bonchev–Trinajstić information content (AvgIpc) is 3.08. The Labute approximate surface area is 133 Å². The molecule has 0 saturated heterocycles. The van der Waals surface area contributed by atoms with E-state index >= 15 is 0 Å². The molecule has 3 rings (SSSR count). The molecule has 0 aromatic carbocycles. The van der Waals surface area contributed by atoms with Gasteiger partial charge in [-0.2, -0.15) is 0 Å². The summed E-state index contributed by atoms with van der Waals surface area (Å²) < 4.78 is 1.52. The highest BCUT2D eigenvalue weighted by molar-refractivity contribution is 8.01. The molecule has 1 nitrogen and oxygen atoms in total. The summed E-state index contributed by atoms with van der Waals surface area (Å²) in [4.78, 5) is 1.48. The number of hydrogen-bond donors (Lipinski definition) is 1. The molecule has 3 atom stereocenters. The normalized spacial score (nSPS) is 23.5. The van der Waals surface area contributed by atoms with Crippen molar-refractivity contribution in [1.29, 1.82) is 0 Å². The number of hydrogen-bond acceptors (Lipinski definition) is 4. The Morgan fingerprint density at radius 1 is 1.30 bits per heavy atom. The van der Waals surface area contributed by atoms with E-state index in [0.29, 0.717) is 17.3 Å². The number of rotatable bonds is 5. The van der Waals surface area contributed by atoms with E-state index in [1.165, 1.54) is 33.9 Å². The first-order valence-corrected chi connectivity index (χ1v) is 9.95. The minimum Gasteiger partial charge on any atom is -0.302 e. The van der Waals surface area contributed by atoms with E-state index < -0.39 is 0 Å². The van der Waals surface area contributed by atoms with Gasteiger partial charge in [0.05, 0.1) is 4.21 Å². The molecular weight excluding hydrogens is 302 g/mol. The highest BCUT2D eigenvalue weighted by atomic mass is 32.2. The van der Waals surface area contributed by atoms with E-state index in [2.05, 4.69) is 48.1 Å². The third kappa shape index (κ3) is 3.14. The van der Waals surface area contributed by atoms with Crippen molar-refractivity contribution in [1.82, 2.24) is 5.32 Å². The number of nitrogens with one attached hydrogen (secondary N) is 1. The van der Waals surface area contributed by atoms with Gasteiger partial charge in [0.1, 0.15) is 0 Å². The highest BCUT2D eigenvalue weighted by Crippen LogP contribution is 2.44. The first-order chi connectivity index (χ1) is 9.78. The van der Waals surface area contributed by atoms with Crippen LogP contribution in [0.4, 0.5) is 0 Å². The smallest absolute Gasteiger partial charge is 0.0649 e. The molecule has 2 aromatic heterocycles. The van der Waals surface area contributed by atoms with E-state index in [0.717, 1.165) is 0 Å². The zero-order valence-electron chi connectivity index (χ0n) is 12.0. The maximum absolute atomic E-state index is 3.94. The largest absolute Gasteiger partial charge is 0.302 e. The summed E-state index contributed by atoms with van der Waals surface area (Å²) in [5.74, 6) is 0. The van der Waals surface area contributed by atoms with Crippen LogP contribution in [0.3, 0.4) is 0 Å². The summed E-state index contributed by atoms with van der Waals surface area (Å²) in [7, 11) is 0. The molecule has 1 aliphatic rings. The summed E-state index contributed by atoms with van der Waals surface area (Å²) in [6.45, 7) is 4.62. The van der Waals surface area contributed by atoms with Crippen LogP contribution in [-0.2, 0) is 0 Å². The van der Waals surface area contributed by atoms with Crippen LogP contribution in [0.2, 0.25) is 0 Å². The summed E-state index contributed by atoms with van der Waals surface area (Å²) in [6, 6.07) is 7.78. The molecular formula is C16H21NS3. The second-order valence-corrected chi connectivity index (χ2v) is 9.01. The summed E-state index contributed by atoms with van der Waals surface area (Å²) in [5, 5.41) is 9.08. The predicted molar refractivity (Wildman–Crippen MR) is 92.1 cm³/mol. The van der Waals surface area contributed by atoms with E-state index in [9.17, 15) is 0 Å². The standard InChI is InChI=1S/C16H21NS3/c1-3-5-13(15-6-4-8-18-15)17-14-10-11(2)20-16-12(14)7-9-19-16/h4,6-9,11,13-14,17H,3,5,10H2,1-2H3/t11-,13?,14?/m0/s1. The second kappa shape index (κ2) is 6.65. The van der Waals surface area contributed by atoms with Gasteiger partial charge in [-0.25, -0.2) is 0 Å². The van der Waals surface area contributed by atoms with Crippen molar-refractivity contribution in [3.8, 4) is 0 Å². The van der Waals surface area contributed by atoms with Crippen molar-refractivity contribution in [2.24, 2.45) is 0 Å². The molecule has 2 aromatic rings. The van der Waals surface area contributed by atoms with Crippen molar-refractivity contribution in [3.05, 3.63) is 39.4 Å². The Morgan fingerprint density at radius 2 is 2.20 bits per heavy atom. The van der Waals surface area contributed by atoms with Crippen molar-refractivity contribution in [2.75, 3.05) is 0 Å². The first-order valence-electron chi connectivity index (χ1n) is 7.31. The van der Waals surface area contributed by atoms with Gasteiger partial charge >= 0.3 is 0 Å². The number of thiophene rings is 2. The lowest BCUT2D eigenvalue weighted by molar-refractivity contribution is 0.402. The summed E-state index contributed by atoms with van der Waals surface area (Å²) in [5.41, 5.74) is 1.52. The van der Waals surface area contributed by atoms with E-state index in [4.69, 9.17) is 0 Å². The van der Waals surface area contributed by atoms with Crippen LogP contribution in [0.5, 0.6) is 0 Å². The first kappa shape index (κ1) is 14.6. The van der Waals surface area contributed by atoms with Crippen molar-refractivity contribution >= 4 is 34.4 Å². The van der Waals surface area contributed by atoms with Gasteiger partial charge in [-0.1, -0.05) is 26.3 Å². The molecule has 0 radical (unpaired) electrons. The van der Waals surface area contributed by atoms with Crippen LogP contribution in [0.25, 0.3) is 0 Å². The third-order valence-electron chi connectivity index (χ3n) is 3.78. The summed E-state index contributed by atoms with van der Waals surface area (Å²) >= 11 is 5.82. The fraction of sp³-hybridized carbons (Fsp3) is 0.500. The highest BCUT2D eigenvalue weighted by Gasteiger charge is 2.28. The van der Waals surface area contributed by atoms with Crippen LogP contribution < -0.4 is 5.32 Å². The Balaban J connectivity index is 1.79. The topological polar surface area (TPSA) is 12.0 Å². The lowest BCUT2D eigenvalue weighted by Gasteiger charge is -2.31. The second-order valence-electron chi connectivity index (χ2n) is 5.40. The molecule has 0 spiro atoms. The molecule has 0 amide bonds. The van der Waals surface area contributed by atoms with Crippen LogP contribution in [0.15, 0.2) is 33.2 Å². The fourth-order valence-electron chi connectivity index (χ4n) is 2.84. The minimum atomic E-state index is 0.507. The Kier molecular flexibility index (Phi) is 4.87. The average molecular weight is 324 g/mol. The number of fused-ring (bicyclic) bond motifs is 1. The zero-order chi connectivity index (χ0) is 13.9. The number of thioether (sulfide) groups is 1. The fourth-order valence-corrected chi connectivity index (χ4v) is 6.22. The van der Waals surface area contributed by atoms with Gasteiger partial charge in [0.15, 0.2) is 0 Å². The van der Waals surface area contributed by atoms with Gasteiger partial charge in [-0.3, -0.25) is 0 Å². The van der Waals surface area contributed by atoms with E-state index in [1.54, 1.807) is 0 Å². The van der Waals surface area contributed by atoms with Crippen LogP contribution >= 0.6 is 34.4 Å². The molecule has 3 heterocycles. The van der Waals surface area contributed by atoms with E-state index in [1.807, 2.05) is 34.4 Å². The quantitative estimate of drug-likeness (QED) is 0.739. The van der Waals surface area contributed by atoms with Crippen LogP contribution in [0, 0.1) is 0 Å². The Morgan fingerprint density at radius 3 is 2.95 bits per heavy atom. The maximum Gasteiger partial charge on any atom is 0.0649 e. The molecule has 0 fully saturated rings. The minimum absolute atomic E-state index is 0.507. The third-order valence-corrected chi connectivity index (χ3v) is 7.11. The molecule has 20 heavy (non-hydrogen) atoms. The summed E-state index contributed by atoms with van der Waals surface area (Å²) in [6.07, 6.45) is 3.68. The SMILES string of the molecule is CCCC(NC1C[C@H](C)Sc2sccc21)c1cccs1. The zero-order valence-corrected chi connectivity index (χ0v) is 14.4. The van der Waals surface area contributed by atoms with Gasteiger partial charge in [-0.05, 0) is 41.3 Å². The van der Waals surface area contributed by atoms with Gasteiger partial charge in [-0.15, -0.1) is 34.4 Å². The maximum atomic E-state index is 3.94. The molecule has 0 aliphatic carbocycles. The van der Waals surface area contributed by atoms with Crippen molar-refractivity contribution < 1.29 is 0 Å². The van der Waals surface area contributed by atoms with Gasteiger partial charge in [0.2, 0.25) is 0 Å². The molecule has 1 aliphatic heterocycles. The van der Waals surface area contributed by atoms with Gasteiger partial charge in [0.25, 0.3) is 0 Å². The lowest BCUT2D eigenvalue weighted by atomic mass is 10.0. The van der Waals surface area contributed by atoms with Crippen LogP contribution in [0.1, 0.15) is 55.6 Å². The monoisotopic (exact) mass is 323 g/mol. The lowest BCUT2D eigenvalue weighted by Crippen LogP contribution is -2.29. The van der Waals surface area contributed by atoms with E-state index in [-0.39, 0.29) is 0 Å². The molecule has 0 saturated carbocycles. The van der Waals surface area contributed by atoms with Gasteiger partial charge < -0.3 is 5.32 Å². The molecule has 1 N–H and O–H groups in total. The molecule has 108 valence electrons. The molecule has 0 bridgehead atoms. The Bertz CT molecular complexity index is 532. The molecule has 4 heteroatoms. The Hall–Kier alpha value is -0.290. The van der Waals surface area contributed by atoms with Gasteiger partial charge in [0, 0.05) is 22.2 Å². The van der Waals surface area contributed by atoms with Crippen molar-refractivity contribution in [2.45, 2.75) is 54.7 Å². The molecule has 2 unspecified atom stereocenters. The van der Waals surface area contributed by atoms with Crippen molar-refractivity contribution in [3.63, 3.8) is 0 Å².